The van der Waals surface area contributed by atoms with Crippen molar-refractivity contribution in [1.82, 2.24) is 24.6 Å². The van der Waals surface area contributed by atoms with Crippen LogP contribution in [0, 0.1) is 12.3 Å². The lowest BCUT2D eigenvalue weighted by molar-refractivity contribution is -0.149. The predicted molar refractivity (Wildman–Crippen MR) is 123 cm³/mol. The summed E-state index contributed by atoms with van der Waals surface area (Å²) in [5, 5.41) is 2.47. The van der Waals surface area contributed by atoms with E-state index in [1.807, 2.05) is 0 Å². The van der Waals surface area contributed by atoms with Gasteiger partial charge in [-0.3, -0.25) is 18.4 Å². The molecule has 4 rings (SSSR count). The summed E-state index contributed by atoms with van der Waals surface area (Å²) in [7, 11) is -0.663. The maximum atomic E-state index is 16.4. The Balaban J connectivity index is 1.64. The van der Waals surface area contributed by atoms with Gasteiger partial charge in [0.15, 0.2) is 23.2 Å². The highest BCUT2D eigenvalue weighted by Crippen LogP contribution is 2.57. The molecule has 0 aromatic carbocycles. The summed E-state index contributed by atoms with van der Waals surface area (Å²) in [6.07, 6.45) is 2.59. The van der Waals surface area contributed by atoms with Crippen LogP contribution in [0.5, 0.6) is 0 Å². The van der Waals surface area contributed by atoms with Crippen LogP contribution in [0.3, 0.4) is 0 Å². The molecule has 190 valence electrons. The number of alkyl halides is 1. The van der Waals surface area contributed by atoms with E-state index in [2.05, 4.69) is 26.0 Å². The first-order valence-electron chi connectivity index (χ1n) is 10.8. The molecular weight excluding hydrogens is 484 g/mol. The third-order valence-corrected chi connectivity index (χ3v) is 7.15. The molecule has 1 unspecified atom stereocenters. The number of carbonyl (C=O) groups excluding carboxylic acids is 1. The van der Waals surface area contributed by atoms with E-state index >= 15 is 4.39 Å². The molecule has 2 aliphatic rings. The summed E-state index contributed by atoms with van der Waals surface area (Å²) < 4.78 is 52.7. The van der Waals surface area contributed by atoms with Crippen molar-refractivity contribution in [3.63, 3.8) is 0 Å². The maximum absolute atomic E-state index is 16.4. The average Bonchev–Trinajstić information content (AvgIpc) is 3.31. The normalized spacial score (nSPS) is 31.2. The van der Waals surface area contributed by atoms with Gasteiger partial charge in [0.05, 0.1) is 19.0 Å². The molecule has 2 aromatic heterocycles. The Kier molecular flexibility index (Phi) is 6.50. The Morgan fingerprint density at radius 2 is 2.17 bits per heavy atom. The number of anilines is 2. The van der Waals surface area contributed by atoms with Gasteiger partial charge < -0.3 is 20.1 Å². The van der Waals surface area contributed by atoms with Crippen LogP contribution in [0.2, 0.25) is 0 Å². The number of aromatic nitrogens is 4. The number of fused-ring (bicyclic) bond motifs is 2. The standard InChI is InChI=1S/C20H27FN7O6P/c1-7-20(21)14-12(8-31-35(30,34-14)26-11(4)17(29)32-10(2)3)33-18(20)28-9-23-13-15(27(5)6)24-19(22)25-16(13)28/h1,9-12,14,18H,8H2,2-6H3,(H,26,30)(H2,22,24,25)/t11-,12+,14+,18+,20+,35?/m0/s1. The minimum atomic E-state index is -4.15. The lowest BCUT2D eigenvalue weighted by atomic mass is 9.97. The Hall–Kier alpha value is -2.82. The number of carbonyl (C=O) groups is 1. The number of halogens is 1. The summed E-state index contributed by atoms with van der Waals surface area (Å²) in [4.78, 5) is 26.5. The average molecular weight is 511 g/mol. The first kappa shape index (κ1) is 25.3. The Bertz CT molecular complexity index is 1230. The highest BCUT2D eigenvalue weighted by atomic mass is 31.2. The minimum absolute atomic E-state index is 0.0564. The molecule has 13 nitrogen and oxygen atoms in total. The van der Waals surface area contributed by atoms with Crippen LogP contribution in [-0.4, -0.2) is 76.2 Å². The van der Waals surface area contributed by atoms with E-state index in [-0.39, 0.29) is 24.3 Å². The van der Waals surface area contributed by atoms with E-state index in [1.165, 1.54) is 17.8 Å². The van der Waals surface area contributed by atoms with Crippen molar-refractivity contribution in [2.24, 2.45) is 0 Å². The zero-order valence-electron chi connectivity index (χ0n) is 19.8. The van der Waals surface area contributed by atoms with Crippen molar-refractivity contribution >= 4 is 36.6 Å². The molecule has 2 saturated heterocycles. The van der Waals surface area contributed by atoms with E-state index in [0.717, 1.165) is 0 Å². The van der Waals surface area contributed by atoms with Gasteiger partial charge in [-0.25, -0.2) is 19.0 Å². The van der Waals surface area contributed by atoms with Gasteiger partial charge in [0, 0.05) is 14.1 Å². The molecule has 0 bridgehead atoms. The van der Waals surface area contributed by atoms with Gasteiger partial charge in [-0.05, 0) is 20.8 Å². The molecule has 2 fully saturated rings. The van der Waals surface area contributed by atoms with Crippen LogP contribution in [0.15, 0.2) is 6.33 Å². The molecule has 0 spiro atoms. The second-order valence-electron chi connectivity index (χ2n) is 8.72. The minimum Gasteiger partial charge on any atom is -0.462 e. The van der Waals surface area contributed by atoms with Crippen molar-refractivity contribution in [3.8, 4) is 12.3 Å². The number of nitrogens with one attached hydrogen (secondary N) is 1. The number of nitrogens with zero attached hydrogens (tertiary/aromatic N) is 5. The van der Waals surface area contributed by atoms with Gasteiger partial charge in [0.25, 0.3) is 0 Å². The lowest BCUT2D eigenvalue weighted by Gasteiger charge is -2.34. The number of ether oxygens (including phenoxy) is 2. The van der Waals surface area contributed by atoms with Crippen LogP contribution >= 0.6 is 7.75 Å². The fourth-order valence-electron chi connectivity index (χ4n) is 3.88. The number of rotatable bonds is 6. The Morgan fingerprint density at radius 3 is 2.80 bits per heavy atom. The number of esters is 1. The Labute approximate surface area is 201 Å². The van der Waals surface area contributed by atoms with Crippen molar-refractivity contribution < 1.29 is 32.3 Å². The number of nitrogen functional groups attached to an aromatic ring is 1. The highest BCUT2D eigenvalue weighted by molar-refractivity contribution is 7.51. The first-order chi connectivity index (χ1) is 16.4. The molecule has 0 saturated carbocycles. The smallest absolute Gasteiger partial charge is 0.406 e. The van der Waals surface area contributed by atoms with Crippen LogP contribution in [0.25, 0.3) is 11.2 Å². The van der Waals surface area contributed by atoms with E-state index < -0.39 is 43.9 Å². The number of terminal acetylenes is 1. The molecule has 2 aliphatic heterocycles. The van der Waals surface area contributed by atoms with Gasteiger partial charge in [0.1, 0.15) is 18.2 Å². The van der Waals surface area contributed by atoms with Gasteiger partial charge in [-0.15, -0.1) is 6.42 Å². The molecule has 6 atom stereocenters. The second-order valence-corrected chi connectivity index (χ2v) is 10.4. The number of hydrogen-bond donors (Lipinski definition) is 2. The second kappa shape index (κ2) is 9.00. The van der Waals surface area contributed by atoms with Crippen molar-refractivity contribution in [2.75, 3.05) is 31.3 Å². The highest BCUT2D eigenvalue weighted by Gasteiger charge is 2.63. The fraction of sp³-hybridized carbons (Fsp3) is 0.600. The molecular formula is C20H27FN7O6P. The van der Waals surface area contributed by atoms with Crippen molar-refractivity contribution in [2.45, 2.75) is 57.0 Å². The fourth-order valence-corrected chi connectivity index (χ4v) is 5.59. The number of hydrogen-bond acceptors (Lipinski definition) is 11. The first-order valence-corrected chi connectivity index (χ1v) is 12.3. The SMILES string of the molecule is C#C[C@@]1(F)[C@@H]2OP(=O)(N[C@@H](C)C(=O)OC(C)C)OC[C@H]2O[C@H]1n1cnc2c(N(C)C)nc(N)nc21. The van der Waals surface area contributed by atoms with E-state index in [0.29, 0.717) is 11.3 Å². The summed E-state index contributed by atoms with van der Waals surface area (Å²) in [6, 6.07) is -1.06. The molecule has 15 heteroatoms. The summed E-state index contributed by atoms with van der Waals surface area (Å²) in [5.41, 5.74) is 3.79. The van der Waals surface area contributed by atoms with Crippen molar-refractivity contribution in [1.29, 1.82) is 0 Å². The molecule has 3 N–H and O–H groups in total. The van der Waals surface area contributed by atoms with Gasteiger partial charge in [-0.1, -0.05) is 5.92 Å². The van der Waals surface area contributed by atoms with Crippen LogP contribution in [-0.2, 0) is 27.9 Å². The summed E-state index contributed by atoms with van der Waals surface area (Å²) in [6.45, 7) is 4.46. The van der Waals surface area contributed by atoms with E-state index in [4.69, 9.17) is 30.7 Å². The van der Waals surface area contributed by atoms with Crippen LogP contribution < -0.4 is 15.7 Å². The summed E-state index contributed by atoms with van der Waals surface area (Å²) >= 11 is 0. The van der Waals surface area contributed by atoms with Gasteiger partial charge >= 0.3 is 13.7 Å². The zero-order valence-corrected chi connectivity index (χ0v) is 20.7. The molecule has 0 radical (unpaired) electrons. The number of nitrogens with two attached hydrogens (primary N) is 1. The topological polar surface area (TPSA) is 156 Å². The van der Waals surface area contributed by atoms with Gasteiger partial charge in [-0.2, -0.15) is 9.97 Å². The number of imidazole rings is 1. The lowest BCUT2D eigenvalue weighted by Crippen LogP contribution is -2.48. The quantitative estimate of drug-likeness (QED) is 0.325. The van der Waals surface area contributed by atoms with Crippen molar-refractivity contribution in [3.05, 3.63) is 6.33 Å². The molecule has 0 aliphatic carbocycles. The third-order valence-electron chi connectivity index (χ3n) is 5.45. The van der Waals surface area contributed by atoms with Crippen LogP contribution in [0.1, 0.15) is 27.0 Å². The largest absolute Gasteiger partial charge is 0.462 e. The van der Waals surface area contributed by atoms with E-state index in [1.54, 1.807) is 32.8 Å². The summed E-state index contributed by atoms with van der Waals surface area (Å²) in [5.74, 6) is 1.78. The Morgan fingerprint density at radius 1 is 1.46 bits per heavy atom. The molecule has 4 heterocycles. The predicted octanol–water partition coefficient (Wildman–Crippen LogP) is 1.17. The molecule has 2 aromatic rings. The zero-order chi connectivity index (χ0) is 25.7. The third kappa shape index (κ3) is 4.46. The van der Waals surface area contributed by atoms with Crippen LogP contribution in [0.4, 0.5) is 16.2 Å². The van der Waals surface area contributed by atoms with E-state index in [9.17, 15) is 9.36 Å². The maximum Gasteiger partial charge on any atom is 0.406 e. The molecule has 0 amide bonds. The monoisotopic (exact) mass is 511 g/mol. The van der Waals surface area contributed by atoms with Gasteiger partial charge in [0.2, 0.25) is 11.6 Å². The molecule has 35 heavy (non-hydrogen) atoms.